The number of aromatic amines is 1. The highest BCUT2D eigenvalue weighted by atomic mass is 32.2. The molecular formula is C14H18N4O3S. The number of amides is 1. The van der Waals surface area contributed by atoms with E-state index in [4.69, 9.17) is 0 Å². The van der Waals surface area contributed by atoms with Crippen molar-refractivity contribution in [2.75, 3.05) is 18.8 Å². The van der Waals surface area contributed by atoms with Crippen LogP contribution >= 0.6 is 11.8 Å². The zero-order valence-corrected chi connectivity index (χ0v) is 13.4. The fourth-order valence-corrected chi connectivity index (χ4v) is 3.54. The highest BCUT2D eigenvalue weighted by Gasteiger charge is 2.18. The van der Waals surface area contributed by atoms with Crippen LogP contribution in [0.1, 0.15) is 12.8 Å². The zero-order valence-electron chi connectivity index (χ0n) is 12.6. The van der Waals surface area contributed by atoms with Gasteiger partial charge < -0.3 is 9.88 Å². The van der Waals surface area contributed by atoms with E-state index >= 15 is 0 Å². The molecule has 1 aliphatic rings. The molecule has 0 bridgehead atoms. The molecule has 0 radical (unpaired) electrons. The molecule has 3 rings (SSSR count). The Kier molecular flexibility index (Phi) is 3.86. The van der Waals surface area contributed by atoms with Gasteiger partial charge in [0.05, 0.1) is 16.3 Å². The first-order chi connectivity index (χ1) is 10.5. The normalized spacial score (nSPS) is 14.9. The summed E-state index contributed by atoms with van der Waals surface area (Å²) in [5.74, 6) is 0.448. The average molecular weight is 322 g/mol. The Morgan fingerprint density at radius 1 is 1.23 bits per heavy atom. The molecule has 3 heterocycles. The number of hydrogen-bond acceptors (Lipinski definition) is 4. The van der Waals surface area contributed by atoms with Gasteiger partial charge in [0.25, 0.3) is 5.56 Å². The number of likely N-dealkylation sites (tertiary alicyclic amines) is 1. The van der Waals surface area contributed by atoms with Crippen LogP contribution in [-0.4, -0.2) is 43.8 Å². The number of carbonyl (C=O) groups excluding carboxylic acids is 1. The third kappa shape index (κ3) is 2.47. The van der Waals surface area contributed by atoms with Gasteiger partial charge in [0.1, 0.15) is 5.52 Å². The maximum Gasteiger partial charge on any atom is 0.331 e. The zero-order chi connectivity index (χ0) is 15.9. The SMILES string of the molecule is Cn1c(=O)c2[nH]c(SCC(=O)N3CCCC3)cc2n(C)c1=O. The van der Waals surface area contributed by atoms with E-state index in [0.717, 1.165) is 35.5 Å². The molecule has 118 valence electrons. The number of nitrogens with zero attached hydrogens (tertiary/aromatic N) is 3. The lowest BCUT2D eigenvalue weighted by Gasteiger charge is -2.14. The van der Waals surface area contributed by atoms with Crippen LogP contribution in [0, 0.1) is 0 Å². The van der Waals surface area contributed by atoms with Gasteiger partial charge in [-0.2, -0.15) is 0 Å². The largest absolute Gasteiger partial charge is 0.344 e. The van der Waals surface area contributed by atoms with Crippen LogP contribution in [0.25, 0.3) is 11.0 Å². The molecule has 0 saturated carbocycles. The molecule has 8 heteroatoms. The van der Waals surface area contributed by atoms with Crippen molar-refractivity contribution >= 4 is 28.7 Å². The van der Waals surface area contributed by atoms with Crippen molar-refractivity contribution in [2.45, 2.75) is 17.9 Å². The van der Waals surface area contributed by atoms with Gasteiger partial charge in [-0.3, -0.25) is 18.7 Å². The van der Waals surface area contributed by atoms with Crippen LogP contribution in [-0.2, 0) is 18.9 Å². The molecule has 1 aliphatic heterocycles. The van der Waals surface area contributed by atoms with E-state index in [0.29, 0.717) is 16.8 Å². The molecule has 22 heavy (non-hydrogen) atoms. The van der Waals surface area contributed by atoms with Gasteiger partial charge in [-0.05, 0) is 18.9 Å². The minimum Gasteiger partial charge on any atom is -0.344 e. The van der Waals surface area contributed by atoms with Crippen molar-refractivity contribution in [3.8, 4) is 0 Å². The number of fused-ring (bicyclic) bond motifs is 1. The monoisotopic (exact) mass is 322 g/mol. The number of aromatic nitrogens is 3. The molecule has 7 nitrogen and oxygen atoms in total. The van der Waals surface area contributed by atoms with Crippen molar-refractivity contribution in [3.63, 3.8) is 0 Å². The molecule has 1 fully saturated rings. The first kappa shape index (κ1) is 15.0. The van der Waals surface area contributed by atoms with Crippen molar-refractivity contribution in [3.05, 3.63) is 26.9 Å². The molecule has 0 spiro atoms. The average Bonchev–Trinajstić information content (AvgIpc) is 3.17. The van der Waals surface area contributed by atoms with Crippen molar-refractivity contribution < 1.29 is 4.79 Å². The third-order valence-electron chi connectivity index (χ3n) is 4.04. The van der Waals surface area contributed by atoms with Crippen LogP contribution in [0.15, 0.2) is 20.7 Å². The summed E-state index contributed by atoms with van der Waals surface area (Å²) < 4.78 is 2.50. The van der Waals surface area contributed by atoms with E-state index in [9.17, 15) is 14.4 Å². The highest BCUT2D eigenvalue weighted by Crippen LogP contribution is 2.21. The Balaban J connectivity index is 1.85. The molecule has 0 unspecified atom stereocenters. The lowest BCUT2D eigenvalue weighted by atomic mass is 10.4. The van der Waals surface area contributed by atoms with Gasteiger partial charge in [0, 0.05) is 27.2 Å². The van der Waals surface area contributed by atoms with E-state index in [1.54, 1.807) is 13.1 Å². The Hall–Kier alpha value is -1.96. The highest BCUT2D eigenvalue weighted by molar-refractivity contribution is 7.99. The van der Waals surface area contributed by atoms with Crippen LogP contribution in [0.4, 0.5) is 0 Å². The number of carbonyl (C=O) groups is 1. The predicted octanol–water partition coefficient (Wildman–Crippen LogP) is 0.280. The minimum absolute atomic E-state index is 0.114. The Morgan fingerprint density at radius 2 is 1.91 bits per heavy atom. The third-order valence-corrected chi connectivity index (χ3v) is 4.96. The second-order valence-corrected chi connectivity index (χ2v) is 6.49. The van der Waals surface area contributed by atoms with Gasteiger partial charge in [-0.25, -0.2) is 4.79 Å². The number of H-pyrrole nitrogens is 1. The fraction of sp³-hybridized carbons (Fsp3) is 0.500. The molecule has 1 saturated heterocycles. The van der Waals surface area contributed by atoms with Gasteiger partial charge in [0.2, 0.25) is 5.91 Å². The van der Waals surface area contributed by atoms with E-state index < -0.39 is 0 Å². The molecule has 0 aliphatic carbocycles. The Bertz CT molecular complexity index is 842. The Labute approximate surface area is 130 Å². The predicted molar refractivity (Wildman–Crippen MR) is 85.3 cm³/mol. The molecule has 0 aromatic carbocycles. The topological polar surface area (TPSA) is 80.1 Å². The van der Waals surface area contributed by atoms with E-state index in [1.165, 1.54) is 23.4 Å². The number of nitrogens with one attached hydrogen (secondary N) is 1. The smallest absolute Gasteiger partial charge is 0.331 e. The van der Waals surface area contributed by atoms with Gasteiger partial charge in [-0.15, -0.1) is 0 Å². The standard InChI is InChI=1S/C14H18N4O3S/c1-16-9-7-10(15-12(9)13(20)17(2)14(16)21)22-8-11(19)18-5-3-4-6-18/h7,15H,3-6,8H2,1-2H3. The summed E-state index contributed by atoms with van der Waals surface area (Å²) in [7, 11) is 3.08. The molecule has 0 atom stereocenters. The van der Waals surface area contributed by atoms with Gasteiger partial charge >= 0.3 is 5.69 Å². The van der Waals surface area contributed by atoms with Crippen molar-refractivity contribution in [2.24, 2.45) is 14.1 Å². The molecule has 2 aromatic heterocycles. The first-order valence-electron chi connectivity index (χ1n) is 7.18. The summed E-state index contributed by atoms with van der Waals surface area (Å²) in [5.41, 5.74) is 0.238. The second-order valence-electron chi connectivity index (χ2n) is 5.48. The van der Waals surface area contributed by atoms with Crippen molar-refractivity contribution in [1.82, 2.24) is 19.0 Å². The summed E-state index contributed by atoms with van der Waals surface area (Å²) in [5, 5.41) is 0.723. The molecule has 1 amide bonds. The summed E-state index contributed by atoms with van der Waals surface area (Å²) in [6, 6.07) is 1.75. The van der Waals surface area contributed by atoms with Crippen LogP contribution < -0.4 is 11.2 Å². The summed E-state index contributed by atoms with van der Waals surface area (Å²) >= 11 is 1.36. The van der Waals surface area contributed by atoms with Crippen molar-refractivity contribution in [1.29, 1.82) is 0 Å². The number of aryl methyl sites for hydroxylation is 1. The maximum absolute atomic E-state index is 12.1. The molecular weight excluding hydrogens is 304 g/mol. The van der Waals surface area contributed by atoms with Gasteiger partial charge in [-0.1, -0.05) is 11.8 Å². The summed E-state index contributed by atoms with van der Waals surface area (Å²) in [4.78, 5) is 40.9. The van der Waals surface area contributed by atoms with E-state index in [2.05, 4.69) is 4.98 Å². The lowest BCUT2D eigenvalue weighted by molar-refractivity contribution is -0.127. The molecule has 1 N–H and O–H groups in total. The summed E-state index contributed by atoms with van der Waals surface area (Å²) in [6.45, 7) is 1.67. The number of hydrogen-bond donors (Lipinski definition) is 1. The fourth-order valence-electron chi connectivity index (χ4n) is 2.70. The molecule has 2 aromatic rings. The van der Waals surface area contributed by atoms with Crippen LogP contribution in [0.5, 0.6) is 0 Å². The van der Waals surface area contributed by atoms with E-state index in [1.807, 2.05) is 4.90 Å². The quantitative estimate of drug-likeness (QED) is 0.823. The van der Waals surface area contributed by atoms with Crippen LogP contribution in [0.3, 0.4) is 0 Å². The Morgan fingerprint density at radius 3 is 2.59 bits per heavy atom. The first-order valence-corrected chi connectivity index (χ1v) is 8.17. The van der Waals surface area contributed by atoms with Crippen LogP contribution in [0.2, 0.25) is 0 Å². The summed E-state index contributed by atoms with van der Waals surface area (Å²) in [6.07, 6.45) is 2.14. The second kappa shape index (κ2) is 5.68. The van der Waals surface area contributed by atoms with Gasteiger partial charge in [0.15, 0.2) is 0 Å². The minimum atomic E-state index is -0.360. The number of rotatable bonds is 3. The maximum atomic E-state index is 12.1. The number of thioether (sulfide) groups is 1. The van der Waals surface area contributed by atoms with E-state index in [-0.39, 0.29) is 17.2 Å². The lowest BCUT2D eigenvalue weighted by Crippen LogP contribution is -2.36.